The quantitative estimate of drug-likeness (QED) is 0.828. The lowest BCUT2D eigenvalue weighted by Crippen LogP contribution is -2.47. The highest BCUT2D eigenvalue weighted by molar-refractivity contribution is 5.96. The van der Waals surface area contributed by atoms with E-state index in [1.54, 1.807) is 0 Å². The van der Waals surface area contributed by atoms with Gasteiger partial charge in [0.2, 0.25) is 0 Å². The van der Waals surface area contributed by atoms with Gasteiger partial charge in [-0.1, -0.05) is 5.16 Å². The summed E-state index contributed by atoms with van der Waals surface area (Å²) < 4.78 is 11.1. The predicted molar refractivity (Wildman–Crippen MR) is 98.2 cm³/mol. The number of nitrogens with zero attached hydrogens (tertiary/aromatic N) is 3. The molecule has 0 bridgehead atoms. The molecule has 3 fully saturated rings. The maximum Gasteiger partial charge on any atom is 0.259 e. The van der Waals surface area contributed by atoms with Crippen LogP contribution in [0, 0.1) is 13.8 Å². The highest BCUT2D eigenvalue weighted by Gasteiger charge is 2.43. The molecule has 6 heteroatoms. The van der Waals surface area contributed by atoms with Crippen molar-refractivity contribution >= 4 is 5.91 Å². The fourth-order valence-electron chi connectivity index (χ4n) is 5.21. The third-order valence-corrected chi connectivity index (χ3v) is 6.64. The molecular formula is C20H31N3O3. The van der Waals surface area contributed by atoms with Gasteiger partial charge >= 0.3 is 0 Å². The lowest BCUT2D eigenvalue weighted by atomic mass is 9.87. The number of hydrogen-bond acceptors (Lipinski definition) is 5. The van der Waals surface area contributed by atoms with Crippen molar-refractivity contribution in [2.75, 3.05) is 32.8 Å². The second-order valence-electron chi connectivity index (χ2n) is 8.25. The van der Waals surface area contributed by atoms with E-state index < -0.39 is 0 Å². The highest BCUT2D eigenvalue weighted by Crippen LogP contribution is 2.39. The number of rotatable bonds is 3. The summed E-state index contributed by atoms with van der Waals surface area (Å²) >= 11 is 0. The first kappa shape index (κ1) is 18.0. The molecule has 0 saturated carbocycles. The number of carbonyl (C=O) groups excluding carboxylic acids is 1. The van der Waals surface area contributed by atoms with Crippen LogP contribution in [0.1, 0.15) is 66.8 Å². The molecule has 3 aliphatic heterocycles. The van der Waals surface area contributed by atoms with Crippen molar-refractivity contribution in [2.24, 2.45) is 0 Å². The fraction of sp³-hybridized carbons (Fsp3) is 0.800. The van der Waals surface area contributed by atoms with Crippen LogP contribution in [0.3, 0.4) is 0 Å². The summed E-state index contributed by atoms with van der Waals surface area (Å²) in [5, 5.41) is 3.95. The van der Waals surface area contributed by atoms with Gasteiger partial charge in [0.05, 0.1) is 11.8 Å². The zero-order valence-corrected chi connectivity index (χ0v) is 16.1. The van der Waals surface area contributed by atoms with Crippen LogP contribution in [0.2, 0.25) is 0 Å². The number of amides is 1. The molecule has 144 valence electrons. The van der Waals surface area contributed by atoms with Gasteiger partial charge in [-0.05, 0) is 65.3 Å². The van der Waals surface area contributed by atoms with Crippen molar-refractivity contribution in [3.8, 4) is 0 Å². The van der Waals surface area contributed by atoms with Gasteiger partial charge < -0.3 is 14.2 Å². The van der Waals surface area contributed by atoms with Gasteiger partial charge in [0, 0.05) is 31.8 Å². The highest BCUT2D eigenvalue weighted by atomic mass is 16.5. The van der Waals surface area contributed by atoms with Gasteiger partial charge in [-0.15, -0.1) is 0 Å². The molecule has 1 aromatic rings. The number of likely N-dealkylation sites (tertiary alicyclic amines) is 2. The van der Waals surface area contributed by atoms with Gasteiger partial charge in [-0.3, -0.25) is 9.69 Å². The minimum absolute atomic E-state index is 0.0852. The van der Waals surface area contributed by atoms with Crippen LogP contribution in [0.25, 0.3) is 0 Å². The molecule has 0 aliphatic carbocycles. The summed E-state index contributed by atoms with van der Waals surface area (Å²) in [4.78, 5) is 17.7. The summed E-state index contributed by atoms with van der Waals surface area (Å²) in [6, 6.07) is 0. The number of aryl methyl sites for hydroxylation is 2. The molecule has 0 unspecified atom stereocenters. The van der Waals surface area contributed by atoms with Crippen molar-refractivity contribution in [1.82, 2.24) is 15.0 Å². The van der Waals surface area contributed by atoms with E-state index in [4.69, 9.17) is 9.26 Å². The number of ether oxygens (including phenoxy) is 1. The molecular weight excluding hydrogens is 330 g/mol. The fourth-order valence-corrected chi connectivity index (χ4v) is 5.21. The Morgan fingerprint density at radius 3 is 2.65 bits per heavy atom. The Labute approximate surface area is 155 Å². The Balaban J connectivity index is 1.44. The van der Waals surface area contributed by atoms with Crippen molar-refractivity contribution in [1.29, 1.82) is 0 Å². The van der Waals surface area contributed by atoms with E-state index in [0.29, 0.717) is 23.1 Å². The molecule has 1 aromatic heterocycles. The second kappa shape index (κ2) is 7.31. The molecule has 1 amide bonds. The van der Waals surface area contributed by atoms with Crippen LogP contribution >= 0.6 is 0 Å². The topological polar surface area (TPSA) is 58.8 Å². The minimum atomic E-state index is 0.0852. The number of aromatic nitrogens is 1. The maximum absolute atomic E-state index is 13.0. The lowest BCUT2D eigenvalue weighted by molar-refractivity contribution is 0.0339. The maximum atomic E-state index is 13.0. The van der Waals surface area contributed by atoms with E-state index >= 15 is 0 Å². The third kappa shape index (κ3) is 3.29. The van der Waals surface area contributed by atoms with Crippen LogP contribution in [0.5, 0.6) is 0 Å². The van der Waals surface area contributed by atoms with E-state index in [1.807, 2.05) is 18.7 Å². The van der Waals surface area contributed by atoms with E-state index in [9.17, 15) is 4.79 Å². The summed E-state index contributed by atoms with van der Waals surface area (Å²) in [6.45, 7) is 8.50. The predicted octanol–water partition coefficient (Wildman–Crippen LogP) is 2.93. The second-order valence-corrected chi connectivity index (χ2v) is 8.25. The van der Waals surface area contributed by atoms with Crippen molar-refractivity contribution in [3.63, 3.8) is 0 Å². The average molecular weight is 361 g/mol. The molecule has 3 saturated heterocycles. The molecule has 0 N–H and O–H groups in total. The SMILES string of the molecule is Cc1noc(C)c1C(=O)N1CCC[C@@]2(CCCN2C[C@H]2CCCO2)CC1. The minimum Gasteiger partial charge on any atom is -0.377 e. The van der Waals surface area contributed by atoms with E-state index in [-0.39, 0.29) is 11.4 Å². The zero-order chi connectivity index (χ0) is 18.1. The molecule has 2 atom stereocenters. The Morgan fingerprint density at radius 1 is 1.15 bits per heavy atom. The Morgan fingerprint density at radius 2 is 1.96 bits per heavy atom. The first-order valence-electron chi connectivity index (χ1n) is 10.2. The molecule has 6 nitrogen and oxygen atoms in total. The first-order valence-corrected chi connectivity index (χ1v) is 10.2. The van der Waals surface area contributed by atoms with Crippen molar-refractivity contribution in [3.05, 3.63) is 17.0 Å². The summed E-state index contributed by atoms with van der Waals surface area (Å²) in [7, 11) is 0. The molecule has 0 aromatic carbocycles. The lowest BCUT2D eigenvalue weighted by Gasteiger charge is -2.39. The van der Waals surface area contributed by atoms with Crippen molar-refractivity contribution in [2.45, 2.75) is 70.4 Å². The van der Waals surface area contributed by atoms with E-state index in [0.717, 1.165) is 39.1 Å². The van der Waals surface area contributed by atoms with Gasteiger partial charge in [-0.2, -0.15) is 0 Å². The van der Waals surface area contributed by atoms with Gasteiger partial charge in [0.1, 0.15) is 11.3 Å². The van der Waals surface area contributed by atoms with Crippen LogP contribution in [0.4, 0.5) is 0 Å². The molecule has 4 rings (SSSR count). The average Bonchev–Trinajstić information content (AvgIpc) is 3.30. The molecule has 0 radical (unpaired) electrons. The van der Waals surface area contributed by atoms with Gasteiger partial charge in [0.25, 0.3) is 5.91 Å². The Bertz CT molecular complexity index is 633. The summed E-state index contributed by atoms with van der Waals surface area (Å²) in [6.07, 6.45) is 8.65. The Hall–Kier alpha value is -1.40. The standard InChI is InChI=1S/C20H31N3O3/c1-15-18(16(2)26-21-15)19(24)22-10-4-7-20(9-12-22)8-5-11-23(20)14-17-6-3-13-25-17/h17H,3-14H2,1-2H3/t17-,20-/m1/s1. The number of carbonyl (C=O) groups is 1. The largest absolute Gasteiger partial charge is 0.377 e. The monoisotopic (exact) mass is 361 g/mol. The smallest absolute Gasteiger partial charge is 0.259 e. The molecule has 26 heavy (non-hydrogen) atoms. The third-order valence-electron chi connectivity index (χ3n) is 6.64. The normalized spacial score (nSPS) is 30.2. The van der Waals surface area contributed by atoms with Crippen LogP contribution < -0.4 is 0 Å². The van der Waals surface area contributed by atoms with Crippen LogP contribution in [-0.2, 0) is 4.74 Å². The van der Waals surface area contributed by atoms with Crippen molar-refractivity contribution < 1.29 is 14.1 Å². The molecule has 1 spiro atoms. The van der Waals surface area contributed by atoms with E-state index in [1.165, 1.54) is 38.6 Å². The zero-order valence-electron chi connectivity index (χ0n) is 16.1. The van der Waals surface area contributed by atoms with Crippen LogP contribution in [0.15, 0.2) is 4.52 Å². The van der Waals surface area contributed by atoms with Crippen LogP contribution in [-0.4, -0.2) is 65.3 Å². The van der Waals surface area contributed by atoms with Gasteiger partial charge in [-0.25, -0.2) is 0 Å². The molecule has 4 heterocycles. The first-order chi connectivity index (χ1) is 12.6. The van der Waals surface area contributed by atoms with E-state index in [2.05, 4.69) is 10.1 Å². The van der Waals surface area contributed by atoms with Gasteiger partial charge in [0.15, 0.2) is 0 Å². The summed E-state index contributed by atoms with van der Waals surface area (Å²) in [5.74, 6) is 0.717. The number of hydrogen-bond donors (Lipinski definition) is 0. The molecule has 3 aliphatic rings. The summed E-state index contributed by atoms with van der Waals surface area (Å²) in [5.41, 5.74) is 1.62. The Kier molecular flexibility index (Phi) is 5.06.